The molecule has 1 aliphatic heterocycles. The maximum absolute atomic E-state index is 12.0. The summed E-state index contributed by atoms with van der Waals surface area (Å²) in [5.74, 6) is 0. The Kier molecular flexibility index (Phi) is 3.40. The fraction of sp³-hybridized carbons (Fsp3) is 0.636. The third-order valence-electron chi connectivity index (χ3n) is 2.98. The monoisotopic (exact) mass is 256 g/mol. The molecule has 1 atom stereocenters. The van der Waals surface area contributed by atoms with Gasteiger partial charge in [-0.25, -0.2) is 4.68 Å². The summed E-state index contributed by atoms with van der Waals surface area (Å²) in [6, 6.07) is 0.161. The highest BCUT2D eigenvalue weighted by atomic mass is 35.5. The molecule has 1 aliphatic rings. The molecule has 1 unspecified atom stereocenters. The van der Waals surface area contributed by atoms with Crippen LogP contribution in [0.1, 0.15) is 26.3 Å². The Morgan fingerprint density at radius 1 is 1.59 bits per heavy atom. The van der Waals surface area contributed by atoms with Crippen molar-refractivity contribution in [2.24, 2.45) is 5.73 Å². The van der Waals surface area contributed by atoms with Gasteiger partial charge in [0.15, 0.2) is 0 Å². The van der Waals surface area contributed by atoms with Crippen molar-refractivity contribution in [2.75, 3.05) is 18.0 Å². The van der Waals surface area contributed by atoms with Gasteiger partial charge in [0.1, 0.15) is 5.02 Å². The minimum atomic E-state index is -0.236. The van der Waals surface area contributed by atoms with Crippen LogP contribution in [-0.4, -0.2) is 28.9 Å². The van der Waals surface area contributed by atoms with E-state index in [0.29, 0.717) is 5.69 Å². The van der Waals surface area contributed by atoms with Crippen LogP contribution in [0.15, 0.2) is 11.0 Å². The maximum atomic E-state index is 12.0. The Hall–Kier alpha value is -1.07. The topological polar surface area (TPSA) is 64.2 Å². The van der Waals surface area contributed by atoms with E-state index in [0.717, 1.165) is 19.5 Å². The van der Waals surface area contributed by atoms with Gasteiger partial charge in [0.05, 0.1) is 17.9 Å². The van der Waals surface area contributed by atoms with Gasteiger partial charge < -0.3 is 10.6 Å². The largest absolute Gasteiger partial charge is 0.367 e. The predicted molar refractivity (Wildman–Crippen MR) is 68.7 cm³/mol. The molecule has 1 aromatic rings. The fourth-order valence-corrected chi connectivity index (χ4v) is 2.29. The van der Waals surface area contributed by atoms with Gasteiger partial charge >= 0.3 is 0 Å². The van der Waals surface area contributed by atoms with E-state index in [9.17, 15) is 4.79 Å². The van der Waals surface area contributed by atoms with Crippen molar-refractivity contribution < 1.29 is 0 Å². The van der Waals surface area contributed by atoms with Crippen LogP contribution in [0.25, 0.3) is 0 Å². The zero-order valence-corrected chi connectivity index (χ0v) is 10.8. The minimum Gasteiger partial charge on any atom is -0.367 e. The lowest BCUT2D eigenvalue weighted by Crippen LogP contribution is -2.30. The third-order valence-corrected chi connectivity index (χ3v) is 3.33. The highest BCUT2D eigenvalue weighted by molar-refractivity contribution is 6.33. The van der Waals surface area contributed by atoms with Gasteiger partial charge in [-0.05, 0) is 20.3 Å². The average molecular weight is 257 g/mol. The van der Waals surface area contributed by atoms with Gasteiger partial charge in [-0.3, -0.25) is 4.79 Å². The van der Waals surface area contributed by atoms with Gasteiger partial charge in [-0.2, -0.15) is 5.10 Å². The Balaban J connectivity index is 2.38. The van der Waals surface area contributed by atoms with Crippen molar-refractivity contribution in [1.29, 1.82) is 0 Å². The number of halogens is 1. The van der Waals surface area contributed by atoms with Crippen LogP contribution < -0.4 is 16.2 Å². The fourth-order valence-electron chi connectivity index (χ4n) is 2.03. The zero-order valence-electron chi connectivity index (χ0n) is 10.1. The summed E-state index contributed by atoms with van der Waals surface area (Å²) in [6.45, 7) is 5.35. The summed E-state index contributed by atoms with van der Waals surface area (Å²) >= 11 is 6.11. The SMILES string of the molecule is CC(C)n1ncc(N2CCC(N)C2)c(Cl)c1=O. The lowest BCUT2D eigenvalue weighted by atomic mass is 10.3. The van der Waals surface area contributed by atoms with E-state index >= 15 is 0 Å². The van der Waals surface area contributed by atoms with Crippen LogP contribution in [0, 0.1) is 0 Å². The molecule has 6 heteroatoms. The first kappa shape index (κ1) is 12.4. The number of rotatable bonds is 2. The van der Waals surface area contributed by atoms with Gasteiger partial charge in [0.25, 0.3) is 5.56 Å². The summed E-state index contributed by atoms with van der Waals surface area (Å²) in [5, 5.41) is 4.38. The highest BCUT2D eigenvalue weighted by Crippen LogP contribution is 2.24. The van der Waals surface area contributed by atoms with Crippen LogP contribution in [0.5, 0.6) is 0 Å². The molecule has 2 heterocycles. The van der Waals surface area contributed by atoms with Crippen molar-refractivity contribution in [3.63, 3.8) is 0 Å². The molecule has 0 bridgehead atoms. The Morgan fingerprint density at radius 2 is 2.29 bits per heavy atom. The number of hydrogen-bond acceptors (Lipinski definition) is 4. The lowest BCUT2D eigenvalue weighted by Gasteiger charge is -2.20. The molecule has 0 aliphatic carbocycles. The Morgan fingerprint density at radius 3 is 2.82 bits per heavy atom. The van der Waals surface area contributed by atoms with Crippen molar-refractivity contribution >= 4 is 17.3 Å². The molecule has 2 N–H and O–H groups in total. The summed E-state index contributed by atoms with van der Waals surface area (Å²) in [6.07, 6.45) is 2.57. The van der Waals surface area contributed by atoms with E-state index in [4.69, 9.17) is 17.3 Å². The molecule has 2 rings (SSSR count). The Labute approximate surface area is 105 Å². The normalized spacial score (nSPS) is 20.3. The summed E-state index contributed by atoms with van der Waals surface area (Å²) < 4.78 is 1.39. The van der Waals surface area contributed by atoms with Crippen LogP contribution in [0.2, 0.25) is 5.02 Å². The number of anilines is 1. The molecular formula is C11H17ClN4O. The number of hydrogen-bond donors (Lipinski definition) is 1. The van der Waals surface area contributed by atoms with E-state index in [1.807, 2.05) is 18.7 Å². The summed E-state index contributed by atoms with van der Waals surface area (Å²) in [5.41, 5.74) is 6.30. The molecule has 5 nitrogen and oxygen atoms in total. The smallest absolute Gasteiger partial charge is 0.287 e. The second-order valence-electron chi connectivity index (χ2n) is 4.68. The molecule has 1 aromatic heterocycles. The van der Waals surface area contributed by atoms with E-state index in [-0.39, 0.29) is 22.7 Å². The van der Waals surface area contributed by atoms with Crippen LogP contribution in [0.3, 0.4) is 0 Å². The maximum Gasteiger partial charge on any atom is 0.287 e. The lowest BCUT2D eigenvalue weighted by molar-refractivity contribution is 0.502. The number of nitrogens with two attached hydrogens (primary N) is 1. The van der Waals surface area contributed by atoms with Crippen molar-refractivity contribution in [2.45, 2.75) is 32.4 Å². The molecule has 0 radical (unpaired) electrons. The van der Waals surface area contributed by atoms with Crippen LogP contribution in [0.4, 0.5) is 5.69 Å². The second kappa shape index (κ2) is 4.66. The molecule has 1 saturated heterocycles. The third kappa shape index (κ3) is 2.30. The van der Waals surface area contributed by atoms with E-state index in [1.54, 1.807) is 6.20 Å². The van der Waals surface area contributed by atoms with E-state index in [2.05, 4.69) is 5.10 Å². The first-order valence-electron chi connectivity index (χ1n) is 5.78. The van der Waals surface area contributed by atoms with Gasteiger partial charge in [-0.1, -0.05) is 11.6 Å². The molecule has 94 valence electrons. The standard InChI is InChI=1S/C11H17ClN4O/c1-7(2)16-11(17)10(12)9(5-14-16)15-4-3-8(13)6-15/h5,7-8H,3-4,6,13H2,1-2H3. The second-order valence-corrected chi connectivity index (χ2v) is 5.06. The Bertz CT molecular complexity index is 471. The molecule has 0 aromatic carbocycles. The first-order valence-corrected chi connectivity index (χ1v) is 6.16. The van der Waals surface area contributed by atoms with E-state index in [1.165, 1.54) is 4.68 Å². The van der Waals surface area contributed by atoms with Crippen LogP contribution >= 0.6 is 11.6 Å². The van der Waals surface area contributed by atoms with Gasteiger partial charge in [0.2, 0.25) is 0 Å². The quantitative estimate of drug-likeness (QED) is 0.858. The molecule has 0 saturated carbocycles. The minimum absolute atomic E-state index is 0.00915. The molecule has 1 fully saturated rings. The highest BCUT2D eigenvalue weighted by Gasteiger charge is 2.23. The number of nitrogens with zero attached hydrogens (tertiary/aromatic N) is 3. The predicted octanol–water partition coefficient (Wildman–Crippen LogP) is 1.01. The molecule has 17 heavy (non-hydrogen) atoms. The summed E-state index contributed by atoms with van der Waals surface area (Å²) in [4.78, 5) is 14.0. The van der Waals surface area contributed by atoms with Crippen molar-refractivity contribution in [3.05, 3.63) is 21.6 Å². The summed E-state index contributed by atoms with van der Waals surface area (Å²) in [7, 11) is 0. The van der Waals surface area contributed by atoms with Crippen molar-refractivity contribution in [1.82, 2.24) is 9.78 Å². The van der Waals surface area contributed by atoms with Crippen LogP contribution in [-0.2, 0) is 0 Å². The van der Waals surface area contributed by atoms with Gasteiger partial charge in [0, 0.05) is 19.1 Å². The van der Waals surface area contributed by atoms with Crippen molar-refractivity contribution in [3.8, 4) is 0 Å². The molecule has 0 spiro atoms. The average Bonchev–Trinajstić information content (AvgIpc) is 2.68. The zero-order chi connectivity index (χ0) is 12.6. The molecule has 0 amide bonds. The van der Waals surface area contributed by atoms with Gasteiger partial charge in [-0.15, -0.1) is 0 Å². The first-order chi connectivity index (χ1) is 8.00. The van der Waals surface area contributed by atoms with E-state index < -0.39 is 0 Å². The molecular weight excluding hydrogens is 240 g/mol. The number of aromatic nitrogens is 2.